The van der Waals surface area contributed by atoms with Gasteiger partial charge in [0.2, 0.25) is 17.7 Å². The number of phenolic OH excluding ortho intramolecular Hbond substituents is 1. The number of unbranched alkanes of at least 4 members (excludes halogenated alkanes) is 1. The number of likely N-dealkylation sites (N-methyl/N-ethyl adjacent to an activating group) is 1. The fraction of sp³-hybridized carbons (Fsp3) is 0.667. The van der Waals surface area contributed by atoms with Crippen LogP contribution in [0, 0.1) is 35.5 Å². The van der Waals surface area contributed by atoms with E-state index in [0.29, 0.717) is 31.2 Å². The molecule has 0 radical (unpaired) electrons. The second-order valence-electron chi connectivity index (χ2n) is 27.5. The molecule has 2 aromatic rings. The van der Waals surface area contributed by atoms with Crippen LogP contribution < -0.4 is 42.8 Å². The number of amides is 9. The average Bonchev–Trinajstić information content (AvgIpc) is 1.80. The van der Waals surface area contributed by atoms with Gasteiger partial charge >= 0.3 is 54.0 Å². The van der Waals surface area contributed by atoms with Crippen LogP contribution in [-0.4, -0.2) is 217 Å². The summed E-state index contributed by atoms with van der Waals surface area (Å²) in [4.78, 5) is 202. The number of aromatic hydroxyl groups is 1. The van der Waals surface area contributed by atoms with Crippen LogP contribution in [0.1, 0.15) is 199 Å². The number of nitrogens with one attached hydrogen (secondary N) is 8. The largest absolute Gasteiger partial charge is 0.508 e. The van der Waals surface area contributed by atoms with E-state index in [-0.39, 0.29) is 141 Å². The van der Waals surface area contributed by atoms with Crippen molar-refractivity contribution in [3.63, 3.8) is 0 Å². The molecule has 0 aliphatic carbocycles. The quantitative estimate of drug-likeness (QED) is 0.00815. The molecule has 13 N–H and O–H groups in total. The molecule has 3 rings (SSSR count). The van der Waals surface area contributed by atoms with Gasteiger partial charge < -0.3 is 76.5 Å². The standard InChI is InChI=1S/C72H111N11O23S3/c1-11-19-62(92)105-40-83(67(96)50(43(7)13-3)35-58(87)55-21-15-17-29-82(55)10)56(41(4)5)37-59(106-45(9)84)66-77-53(38-107-66)65(95)75-47(33-46-23-25-48(85)26-24-46)32-44(8)63(93)80-81-72(103)104-30-31-108-109-39-54(69(99)100)76-64(94)49(42(6)12-2)34-57(86)52(36-61(90)91)79-71(102)73-27-16-14-20-51(68(97)98)78-70(101)74-28-18-22-60(88)89/h23-26,38,41-44,47,49-52,54-56,59,85H,11-22,27-37,39-40H2,1-10H3,(H,75,95)(H,76,94)(H,80,93)(H,81,103)(H,88,89)(H,90,91)(H,97,98)(H,99,100)(H2,73,79,102)(H2,74,78,101)/t42?,43?,44-,47+,49-,50-,51-,52-,54-,55+,56+,59+/m0/s1. The van der Waals surface area contributed by atoms with Gasteiger partial charge in [0.25, 0.3) is 5.91 Å². The van der Waals surface area contributed by atoms with Crippen molar-refractivity contribution >= 4 is 122 Å². The van der Waals surface area contributed by atoms with E-state index in [1.807, 2.05) is 46.6 Å². The molecule has 1 aromatic carbocycles. The Labute approximate surface area is 647 Å². The summed E-state index contributed by atoms with van der Waals surface area (Å²) < 4.78 is 16.8. The number of phenols is 1. The van der Waals surface area contributed by atoms with Crippen LogP contribution in [0.25, 0.3) is 0 Å². The van der Waals surface area contributed by atoms with E-state index in [9.17, 15) is 87.5 Å². The highest BCUT2D eigenvalue weighted by atomic mass is 33.1. The Balaban J connectivity index is 1.62. The number of esters is 2. The number of carbonyl (C=O) groups excluding carboxylic acids is 11. The lowest BCUT2D eigenvalue weighted by atomic mass is 9.82. The first-order valence-corrected chi connectivity index (χ1v) is 40.1. The number of carbonyl (C=O) groups is 15. The van der Waals surface area contributed by atoms with Crippen molar-refractivity contribution in [3.8, 4) is 5.75 Å². The summed E-state index contributed by atoms with van der Waals surface area (Å²) in [5.74, 6) is -13.9. The van der Waals surface area contributed by atoms with Gasteiger partial charge in [0.05, 0.1) is 18.5 Å². The second-order valence-corrected chi connectivity index (χ2v) is 31.0. The maximum Gasteiger partial charge on any atom is 0.426 e. The third-order valence-corrected chi connectivity index (χ3v) is 21.9. The molecule has 37 heteroatoms. The van der Waals surface area contributed by atoms with Crippen molar-refractivity contribution in [2.45, 2.75) is 220 Å². The summed E-state index contributed by atoms with van der Waals surface area (Å²) in [6.07, 6.45) is 0.813. The minimum atomic E-state index is -1.62. The van der Waals surface area contributed by atoms with Crippen LogP contribution in [0.4, 0.5) is 14.4 Å². The molecule has 34 nitrogen and oxygen atoms in total. The summed E-state index contributed by atoms with van der Waals surface area (Å²) in [6, 6.07) is -1.83. The number of aliphatic carboxylic acids is 4. The number of carboxylic acids is 4. The van der Waals surface area contributed by atoms with Crippen LogP contribution in [0.5, 0.6) is 5.75 Å². The molecule has 610 valence electrons. The van der Waals surface area contributed by atoms with Gasteiger partial charge in [-0.3, -0.25) is 58.3 Å². The Morgan fingerprint density at radius 2 is 1.34 bits per heavy atom. The Hall–Kier alpha value is -8.84. The Kier molecular flexibility index (Phi) is 43.3. The van der Waals surface area contributed by atoms with Gasteiger partial charge in [-0.15, -0.1) is 11.3 Å². The van der Waals surface area contributed by atoms with Crippen molar-refractivity contribution in [2.24, 2.45) is 35.5 Å². The number of rotatable bonds is 51. The molecular formula is C72H111N11O23S3. The third-order valence-electron chi connectivity index (χ3n) is 18.6. The van der Waals surface area contributed by atoms with Crippen LogP contribution in [0.15, 0.2) is 29.6 Å². The number of nitrogens with zero attached hydrogens (tertiary/aromatic N) is 3. The fourth-order valence-corrected chi connectivity index (χ4v) is 14.7. The van der Waals surface area contributed by atoms with Crippen LogP contribution in [0.2, 0.25) is 0 Å². The number of carboxylic acid groups (broad SMARTS) is 4. The van der Waals surface area contributed by atoms with Gasteiger partial charge in [-0.1, -0.05) is 108 Å². The SMILES string of the molecule is CCCC(=O)OCN(C(=O)[C@@H](CC(=O)[C@H]1CCCCN1C)C(C)CC)[C@H](C[C@@H](OC(C)=O)c1nc(C(=O)N[C@@H](Cc2ccc(O)cc2)C[C@H](C)C(=O)NNC(=O)OCCSSC[C@H](NC(=O)[C@@H](CC(=O)[C@H](CC(=O)O)NC(=O)NCCCC[C@H](NC(=O)NCCCC(=O)O)C(=O)O)C(C)CC)C(=O)O)cs1)C(C)C. The number of urea groups is 2. The molecule has 2 unspecified atom stereocenters. The van der Waals surface area contributed by atoms with Crippen molar-refractivity contribution in [1.29, 1.82) is 0 Å². The number of aromatic nitrogens is 1. The molecule has 109 heavy (non-hydrogen) atoms. The smallest absolute Gasteiger partial charge is 0.426 e. The summed E-state index contributed by atoms with van der Waals surface area (Å²) in [5, 5.41) is 64.5. The van der Waals surface area contributed by atoms with Crippen molar-refractivity contribution < 1.29 is 112 Å². The zero-order valence-electron chi connectivity index (χ0n) is 63.7. The molecule has 1 fully saturated rings. The zero-order valence-corrected chi connectivity index (χ0v) is 66.2. The summed E-state index contributed by atoms with van der Waals surface area (Å²) >= 11 is 1.03. The van der Waals surface area contributed by atoms with Gasteiger partial charge in [0.15, 0.2) is 24.4 Å². The first kappa shape index (κ1) is 94.4. The normalized spacial score (nSPS) is 15.9. The lowest BCUT2D eigenvalue weighted by Gasteiger charge is -2.39. The van der Waals surface area contributed by atoms with E-state index >= 15 is 4.79 Å². The number of likely N-dealkylation sites (tertiary alicyclic amines) is 1. The number of hydrogen-bond acceptors (Lipinski definition) is 24. The molecule has 0 spiro atoms. The number of ether oxygens (including phenoxy) is 3. The van der Waals surface area contributed by atoms with E-state index in [2.05, 4.69) is 47.7 Å². The van der Waals surface area contributed by atoms with Crippen LogP contribution >= 0.6 is 32.9 Å². The fourth-order valence-electron chi connectivity index (χ4n) is 11.9. The van der Waals surface area contributed by atoms with E-state index in [1.54, 1.807) is 32.9 Å². The highest BCUT2D eigenvalue weighted by Gasteiger charge is 2.41. The number of ketones is 2. The number of hydrazine groups is 1. The Morgan fingerprint density at radius 1 is 0.697 bits per heavy atom. The number of Topliss-reactive ketones (excluding diaryl/α,β-unsaturated/α-hetero) is 2. The van der Waals surface area contributed by atoms with E-state index in [1.165, 1.54) is 29.3 Å². The number of thiazole rings is 1. The highest BCUT2D eigenvalue weighted by molar-refractivity contribution is 8.76. The van der Waals surface area contributed by atoms with Gasteiger partial charge in [0.1, 0.15) is 35.1 Å². The zero-order chi connectivity index (χ0) is 81.4. The Bertz CT molecular complexity index is 3350. The van der Waals surface area contributed by atoms with Gasteiger partial charge in [0, 0.05) is 98.8 Å². The number of piperidine rings is 1. The average molecular weight is 1590 g/mol. The van der Waals surface area contributed by atoms with Crippen molar-refractivity contribution in [3.05, 3.63) is 45.9 Å². The van der Waals surface area contributed by atoms with Gasteiger partial charge in [-0.05, 0) is 107 Å². The molecule has 1 aliphatic rings. The molecule has 0 bridgehead atoms. The maximum absolute atomic E-state index is 15.1. The van der Waals surface area contributed by atoms with E-state index in [4.69, 9.17) is 19.3 Å². The summed E-state index contributed by atoms with van der Waals surface area (Å²) in [6.45, 7) is 15.6. The lowest BCUT2D eigenvalue weighted by molar-refractivity contribution is -0.162. The first-order valence-electron chi connectivity index (χ1n) is 36.8. The molecule has 1 aromatic heterocycles. The summed E-state index contributed by atoms with van der Waals surface area (Å²) in [5.41, 5.74) is 5.09. The van der Waals surface area contributed by atoms with E-state index < -0.39 is 157 Å². The van der Waals surface area contributed by atoms with Gasteiger partial charge in [-0.2, -0.15) is 0 Å². The predicted molar refractivity (Wildman–Crippen MR) is 403 cm³/mol. The minimum absolute atomic E-state index is 0.00260. The second kappa shape index (κ2) is 50.1. The Morgan fingerprint density at radius 3 is 1.94 bits per heavy atom. The molecule has 1 saturated heterocycles. The first-order chi connectivity index (χ1) is 51.6. The maximum atomic E-state index is 15.1. The minimum Gasteiger partial charge on any atom is -0.508 e. The molecule has 9 amide bonds. The van der Waals surface area contributed by atoms with Crippen molar-refractivity contribution in [2.75, 3.05) is 51.5 Å². The highest BCUT2D eigenvalue weighted by Crippen LogP contribution is 2.34. The molecule has 2 heterocycles. The third kappa shape index (κ3) is 35.6. The number of hydrogen-bond donors (Lipinski definition) is 13. The molecule has 12 atom stereocenters. The molecular weight excluding hydrogens is 1480 g/mol. The van der Waals surface area contributed by atoms with Gasteiger partial charge in [-0.25, -0.2) is 34.4 Å². The van der Waals surface area contributed by atoms with Crippen LogP contribution in [0.3, 0.4) is 0 Å². The van der Waals surface area contributed by atoms with Crippen LogP contribution in [-0.2, 0) is 73.4 Å². The topological polar surface area (TPSA) is 500 Å². The lowest BCUT2D eigenvalue weighted by Crippen LogP contribution is -2.50. The van der Waals surface area contributed by atoms with Crippen molar-refractivity contribution in [1.82, 2.24) is 57.5 Å². The molecule has 0 saturated carbocycles. The van der Waals surface area contributed by atoms with E-state index in [0.717, 1.165) is 52.3 Å². The number of benzene rings is 1. The molecule has 1 aliphatic heterocycles. The predicted octanol–water partition coefficient (Wildman–Crippen LogP) is 6.73. The summed E-state index contributed by atoms with van der Waals surface area (Å²) in [7, 11) is 3.99. The monoisotopic (exact) mass is 1590 g/mol.